The molecular formula is C32H32B2N3O5. The second-order valence-corrected chi connectivity index (χ2v) is 10.8. The van der Waals surface area contributed by atoms with Gasteiger partial charge in [0.2, 0.25) is 0 Å². The van der Waals surface area contributed by atoms with E-state index in [9.17, 15) is 25.0 Å². The van der Waals surface area contributed by atoms with Crippen LogP contribution in [0, 0.1) is 27.9 Å². The Bertz CT molecular complexity index is 1910. The van der Waals surface area contributed by atoms with E-state index in [2.05, 4.69) is 23.7 Å². The van der Waals surface area contributed by atoms with Gasteiger partial charge >= 0.3 is 224 Å². The number of hydrogen-bond acceptors (Lipinski definition) is 6. The summed E-state index contributed by atoms with van der Waals surface area (Å²) in [6, 6.07) is 11.3. The van der Waals surface area contributed by atoms with Gasteiger partial charge in [-0.3, -0.25) is 0 Å². The SMILES string of the molecule is [B]=CC(C#Cc1cc([N+](=O)[O-])c2nc3c4cccc5c(B(O)O)ccc(c(=O)n3c2c1)c54)CCCCCCCCCC. The summed E-state index contributed by atoms with van der Waals surface area (Å²) in [6.07, 6.45) is 10.5. The second-order valence-electron chi connectivity index (χ2n) is 10.8. The van der Waals surface area contributed by atoms with Crippen LogP contribution < -0.4 is 11.0 Å². The topological polar surface area (TPSA) is 118 Å². The Morgan fingerprint density at radius 2 is 1.76 bits per heavy atom. The maximum atomic E-state index is 13.8. The van der Waals surface area contributed by atoms with Gasteiger partial charge in [-0.25, -0.2) is 0 Å². The zero-order chi connectivity index (χ0) is 29.8. The van der Waals surface area contributed by atoms with Gasteiger partial charge in [0.1, 0.15) is 0 Å². The van der Waals surface area contributed by atoms with Gasteiger partial charge in [0.05, 0.1) is 0 Å². The quantitative estimate of drug-likeness (QED) is 0.0755. The second kappa shape index (κ2) is 12.8. The van der Waals surface area contributed by atoms with Crippen LogP contribution in [0.4, 0.5) is 5.69 Å². The van der Waals surface area contributed by atoms with Crippen LogP contribution in [-0.4, -0.2) is 44.9 Å². The van der Waals surface area contributed by atoms with Crippen molar-refractivity contribution in [2.24, 2.45) is 5.92 Å². The molecule has 0 aliphatic rings. The molecule has 1 radical (unpaired) electrons. The molecular weight excluding hydrogens is 528 g/mol. The van der Waals surface area contributed by atoms with Crippen LogP contribution in [0.1, 0.15) is 70.3 Å². The Morgan fingerprint density at radius 3 is 2.45 bits per heavy atom. The van der Waals surface area contributed by atoms with Crippen molar-refractivity contribution in [3.63, 3.8) is 0 Å². The summed E-state index contributed by atoms with van der Waals surface area (Å²) in [5, 5.41) is 33.8. The Balaban J connectivity index is 1.53. The van der Waals surface area contributed by atoms with Crippen LogP contribution in [0.5, 0.6) is 0 Å². The fourth-order valence-electron chi connectivity index (χ4n) is 5.79. The van der Waals surface area contributed by atoms with E-state index in [0.717, 1.165) is 19.3 Å². The van der Waals surface area contributed by atoms with E-state index >= 15 is 0 Å². The van der Waals surface area contributed by atoms with E-state index in [1.54, 1.807) is 36.3 Å². The summed E-state index contributed by atoms with van der Waals surface area (Å²) >= 11 is 0. The minimum atomic E-state index is -1.72. The van der Waals surface area contributed by atoms with Crippen LogP contribution in [0.3, 0.4) is 0 Å². The van der Waals surface area contributed by atoms with E-state index in [-0.39, 0.29) is 28.2 Å². The van der Waals surface area contributed by atoms with E-state index in [1.165, 1.54) is 55.1 Å². The zero-order valence-corrected chi connectivity index (χ0v) is 23.7. The minimum absolute atomic E-state index is 0.0852. The molecule has 0 aliphatic carbocycles. The Hall–Kier alpha value is -4.06. The predicted molar refractivity (Wildman–Crippen MR) is 171 cm³/mol. The molecule has 0 saturated carbocycles. The van der Waals surface area contributed by atoms with Crippen LogP contribution in [-0.2, 0) is 0 Å². The molecule has 2 heterocycles. The van der Waals surface area contributed by atoms with Crippen LogP contribution in [0.2, 0.25) is 0 Å². The Morgan fingerprint density at radius 1 is 1.05 bits per heavy atom. The molecule has 1 unspecified atom stereocenters. The number of unbranched alkanes of at least 4 members (excludes halogenated alkanes) is 7. The van der Waals surface area contributed by atoms with Crippen molar-refractivity contribution in [3.05, 3.63) is 68.5 Å². The van der Waals surface area contributed by atoms with E-state index in [1.807, 2.05) is 0 Å². The zero-order valence-electron chi connectivity index (χ0n) is 23.7. The number of nitrogens with zero attached hydrogens (tertiary/aromatic N) is 3. The van der Waals surface area contributed by atoms with E-state index in [4.69, 9.17) is 7.49 Å². The molecule has 2 aromatic heterocycles. The molecule has 0 spiro atoms. The average Bonchev–Trinajstić information content (AvgIpc) is 3.37. The van der Waals surface area contributed by atoms with Gasteiger partial charge in [-0.2, -0.15) is 0 Å². The van der Waals surface area contributed by atoms with Crippen molar-refractivity contribution in [2.45, 2.75) is 64.7 Å². The molecule has 5 aromatic rings. The van der Waals surface area contributed by atoms with Crippen molar-refractivity contribution in [3.8, 4) is 11.8 Å². The fourth-order valence-corrected chi connectivity index (χ4v) is 5.79. The van der Waals surface area contributed by atoms with Crippen molar-refractivity contribution in [1.82, 2.24) is 9.38 Å². The molecule has 42 heavy (non-hydrogen) atoms. The first-order valence-electron chi connectivity index (χ1n) is 14.6. The number of benzene rings is 3. The van der Waals surface area contributed by atoms with Gasteiger partial charge in [0.25, 0.3) is 0 Å². The number of non-ortho nitro benzene ring substituents is 1. The van der Waals surface area contributed by atoms with Crippen molar-refractivity contribution in [2.75, 3.05) is 0 Å². The third-order valence-electron chi connectivity index (χ3n) is 7.97. The molecule has 10 heteroatoms. The van der Waals surface area contributed by atoms with Gasteiger partial charge in [0.15, 0.2) is 0 Å². The molecule has 1 atom stereocenters. The number of fused-ring (bicyclic) bond motifs is 4. The first-order valence-corrected chi connectivity index (χ1v) is 14.6. The predicted octanol–water partition coefficient (Wildman–Crippen LogP) is 4.65. The van der Waals surface area contributed by atoms with Gasteiger partial charge in [0, 0.05) is 0 Å². The fraction of sp³-hybridized carbons (Fsp3) is 0.344. The Kier molecular flexibility index (Phi) is 9.00. The van der Waals surface area contributed by atoms with E-state index in [0.29, 0.717) is 32.6 Å². The third kappa shape index (κ3) is 5.67. The summed E-state index contributed by atoms with van der Waals surface area (Å²) in [5.74, 6) is 7.63. The van der Waals surface area contributed by atoms with E-state index < -0.39 is 17.6 Å². The van der Waals surface area contributed by atoms with Gasteiger partial charge in [-0.15, -0.1) is 0 Å². The van der Waals surface area contributed by atoms with Crippen molar-refractivity contribution >= 4 is 69.9 Å². The number of pyridine rings is 1. The molecule has 0 amide bonds. The summed E-state index contributed by atoms with van der Waals surface area (Å²) in [5.41, 5.74) is 0.641. The monoisotopic (exact) mass is 560 g/mol. The average molecular weight is 560 g/mol. The molecule has 5 rings (SSSR count). The normalized spacial score (nSPS) is 12.1. The summed E-state index contributed by atoms with van der Waals surface area (Å²) in [4.78, 5) is 29.9. The first kappa shape index (κ1) is 29.4. The summed E-state index contributed by atoms with van der Waals surface area (Å²) in [7, 11) is 4.15. The Labute approximate surface area is 245 Å². The number of nitro benzene ring substituents is 1. The molecule has 3 aromatic carbocycles. The molecule has 8 nitrogen and oxygen atoms in total. The molecule has 211 valence electrons. The molecule has 0 bridgehead atoms. The summed E-state index contributed by atoms with van der Waals surface area (Å²) in [6.45, 7) is 2.21. The number of rotatable bonds is 12. The summed E-state index contributed by atoms with van der Waals surface area (Å²) < 4.78 is 1.38. The number of nitro groups is 1. The molecule has 0 saturated heterocycles. The number of imidazole rings is 1. The van der Waals surface area contributed by atoms with Crippen LogP contribution in [0.25, 0.3) is 38.2 Å². The third-order valence-corrected chi connectivity index (χ3v) is 7.97. The molecule has 0 aliphatic heterocycles. The van der Waals surface area contributed by atoms with Crippen LogP contribution in [0.15, 0.2) is 47.3 Å². The standard InChI is InChI=1S/C32H32B2N3O5/c1-2-3-4-5-6-7-8-9-11-21(20-33)14-15-22-18-27-30(28(19-22)37(41)42)35-31-24-13-10-12-23-26(34(39)40)17-16-25(29(23)24)32(38)36(27)31/h10,12-13,16-21,39-40H,2-9,11H2,1H3. The van der Waals surface area contributed by atoms with Gasteiger partial charge < -0.3 is 10.0 Å². The number of hydrogen-bond donors (Lipinski definition) is 2. The molecule has 0 fully saturated rings. The van der Waals surface area contributed by atoms with Gasteiger partial charge in [-0.1, -0.05) is 6.07 Å². The maximum absolute atomic E-state index is 13.8. The van der Waals surface area contributed by atoms with Crippen molar-refractivity contribution < 1.29 is 15.0 Å². The van der Waals surface area contributed by atoms with Crippen molar-refractivity contribution in [1.29, 1.82) is 0 Å². The molecule has 2 N–H and O–H groups in total. The van der Waals surface area contributed by atoms with Crippen LogP contribution >= 0.6 is 0 Å². The first-order chi connectivity index (χ1) is 20.3. The number of aromatic nitrogens is 2. The van der Waals surface area contributed by atoms with Gasteiger partial charge in [-0.05, 0) is 5.46 Å².